The van der Waals surface area contributed by atoms with E-state index in [0.29, 0.717) is 6.04 Å². The Labute approximate surface area is 128 Å². The van der Waals surface area contributed by atoms with Crippen molar-refractivity contribution >= 4 is 28.1 Å². The highest BCUT2D eigenvalue weighted by atomic mass is 32.1. The average molecular weight is 301 g/mol. The van der Waals surface area contributed by atoms with Crippen molar-refractivity contribution in [1.82, 2.24) is 19.7 Å². The lowest BCUT2D eigenvalue weighted by Crippen LogP contribution is -2.03. The van der Waals surface area contributed by atoms with Gasteiger partial charge in [0.1, 0.15) is 0 Å². The second kappa shape index (κ2) is 5.81. The highest BCUT2D eigenvalue weighted by molar-refractivity contribution is 7.11. The first-order chi connectivity index (χ1) is 10.2. The molecule has 0 radical (unpaired) electrons. The fourth-order valence-corrected chi connectivity index (χ4v) is 3.00. The SMILES string of the molecule is CCc1ncc(CNc2cnc3c(cnn3C(C)C)c2)s1. The van der Waals surface area contributed by atoms with E-state index >= 15 is 0 Å². The van der Waals surface area contributed by atoms with Gasteiger partial charge in [-0.3, -0.25) is 0 Å². The number of anilines is 1. The van der Waals surface area contributed by atoms with Gasteiger partial charge in [-0.15, -0.1) is 11.3 Å². The first kappa shape index (κ1) is 14.0. The first-order valence-electron chi connectivity index (χ1n) is 7.18. The minimum atomic E-state index is 0.318. The number of aromatic nitrogens is 4. The Kier molecular flexibility index (Phi) is 3.88. The van der Waals surface area contributed by atoms with Gasteiger partial charge >= 0.3 is 0 Å². The third kappa shape index (κ3) is 2.90. The zero-order valence-electron chi connectivity index (χ0n) is 12.5. The van der Waals surface area contributed by atoms with Crippen LogP contribution in [0.25, 0.3) is 11.0 Å². The summed E-state index contributed by atoms with van der Waals surface area (Å²) in [7, 11) is 0. The molecule has 0 spiro atoms. The third-order valence-electron chi connectivity index (χ3n) is 3.29. The quantitative estimate of drug-likeness (QED) is 0.781. The van der Waals surface area contributed by atoms with Crippen molar-refractivity contribution in [3.8, 4) is 0 Å². The van der Waals surface area contributed by atoms with E-state index < -0.39 is 0 Å². The number of nitrogens with one attached hydrogen (secondary N) is 1. The average Bonchev–Trinajstić information content (AvgIpc) is 3.11. The van der Waals surface area contributed by atoms with E-state index in [4.69, 9.17) is 0 Å². The molecule has 3 aromatic heterocycles. The Bertz CT molecular complexity index is 743. The van der Waals surface area contributed by atoms with Crippen LogP contribution in [0, 0.1) is 0 Å². The lowest BCUT2D eigenvalue weighted by Gasteiger charge is -2.07. The molecule has 0 atom stereocenters. The molecule has 0 aromatic carbocycles. The molecular weight excluding hydrogens is 282 g/mol. The fourth-order valence-electron chi connectivity index (χ4n) is 2.20. The molecule has 3 rings (SSSR count). The van der Waals surface area contributed by atoms with Gasteiger partial charge in [0.25, 0.3) is 0 Å². The lowest BCUT2D eigenvalue weighted by atomic mass is 10.3. The molecule has 0 aliphatic rings. The largest absolute Gasteiger partial charge is 0.379 e. The monoisotopic (exact) mass is 301 g/mol. The van der Waals surface area contributed by atoms with Crippen molar-refractivity contribution in [3.05, 3.63) is 34.5 Å². The molecular formula is C15H19N5S. The van der Waals surface area contributed by atoms with E-state index in [1.165, 1.54) is 9.88 Å². The third-order valence-corrected chi connectivity index (χ3v) is 4.43. The van der Waals surface area contributed by atoms with E-state index in [2.05, 4.69) is 47.2 Å². The van der Waals surface area contributed by atoms with E-state index in [0.717, 1.165) is 29.7 Å². The minimum Gasteiger partial charge on any atom is -0.379 e. The van der Waals surface area contributed by atoms with Crippen molar-refractivity contribution in [1.29, 1.82) is 0 Å². The summed E-state index contributed by atoms with van der Waals surface area (Å²) in [4.78, 5) is 10.1. The summed E-state index contributed by atoms with van der Waals surface area (Å²) in [6.07, 6.45) is 6.67. The van der Waals surface area contributed by atoms with Gasteiger partial charge in [-0.1, -0.05) is 6.92 Å². The zero-order chi connectivity index (χ0) is 14.8. The normalized spacial score (nSPS) is 11.4. The number of hydrogen-bond acceptors (Lipinski definition) is 5. The van der Waals surface area contributed by atoms with Crippen LogP contribution in [0.2, 0.25) is 0 Å². The van der Waals surface area contributed by atoms with Crippen LogP contribution in [0.4, 0.5) is 5.69 Å². The summed E-state index contributed by atoms with van der Waals surface area (Å²) >= 11 is 1.75. The number of pyridine rings is 1. The first-order valence-corrected chi connectivity index (χ1v) is 7.99. The molecule has 110 valence electrons. The Hall–Kier alpha value is -1.95. The van der Waals surface area contributed by atoms with Gasteiger partial charge in [-0.25, -0.2) is 14.6 Å². The predicted molar refractivity (Wildman–Crippen MR) is 86.7 cm³/mol. The maximum Gasteiger partial charge on any atom is 0.158 e. The molecule has 1 N–H and O–H groups in total. The smallest absolute Gasteiger partial charge is 0.158 e. The molecule has 3 aromatic rings. The van der Waals surface area contributed by atoms with Crippen molar-refractivity contribution in [2.45, 2.75) is 39.8 Å². The van der Waals surface area contributed by atoms with Crippen LogP contribution in [0.1, 0.15) is 36.7 Å². The van der Waals surface area contributed by atoms with E-state index in [1.54, 1.807) is 11.3 Å². The van der Waals surface area contributed by atoms with Gasteiger partial charge in [-0.05, 0) is 26.3 Å². The van der Waals surface area contributed by atoms with Crippen LogP contribution in [-0.2, 0) is 13.0 Å². The maximum absolute atomic E-state index is 4.52. The molecule has 0 bridgehead atoms. The summed E-state index contributed by atoms with van der Waals surface area (Å²) in [5, 5.41) is 10.0. The number of hydrogen-bond donors (Lipinski definition) is 1. The molecule has 0 aliphatic carbocycles. The molecule has 0 saturated heterocycles. The lowest BCUT2D eigenvalue weighted by molar-refractivity contribution is 0.546. The molecule has 0 amide bonds. The molecule has 6 heteroatoms. The van der Waals surface area contributed by atoms with Crippen molar-refractivity contribution in [2.24, 2.45) is 0 Å². The van der Waals surface area contributed by atoms with Crippen LogP contribution in [0.15, 0.2) is 24.7 Å². The van der Waals surface area contributed by atoms with Crippen molar-refractivity contribution in [3.63, 3.8) is 0 Å². The number of thiazole rings is 1. The van der Waals surface area contributed by atoms with Crippen molar-refractivity contribution in [2.75, 3.05) is 5.32 Å². The Morgan fingerprint density at radius 1 is 1.24 bits per heavy atom. The van der Waals surface area contributed by atoms with E-state index in [9.17, 15) is 0 Å². The molecule has 5 nitrogen and oxygen atoms in total. The second-order valence-corrected chi connectivity index (χ2v) is 6.45. The summed E-state index contributed by atoms with van der Waals surface area (Å²) < 4.78 is 1.94. The Balaban J connectivity index is 1.75. The number of rotatable bonds is 5. The summed E-state index contributed by atoms with van der Waals surface area (Å²) in [6, 6.07) is 2.41. The van der Waals surface area contributed by atoms with Gasteiger partial charge < -0.3 is 5.32 Å². The highest BCUT2D eigenvalue weighted by Gasteiger charge is 2.08. The maximum atomic E-state index is 4.52. The van der Waals surface area contributed by atoms with E-state index in [-0.39, 0.29) is 0 Å². The van der Waals surface area contributed by atoms with Crippen LogP contribution in [-0.4, -0.2) is 19.7 Å². The zero-order valence-corrected chi connectivity index (χ0v) is 13.3. The molecule has 21 heavy (non-hydrogen) atoms. The highest BCUT2D eigenvalue weighted by Crippen LogP contribution is 2.20. The van der Waals surface area contributed by atoms with Crippen LogP contribution < -0.4 is 5.32 Å². The molecule has 0 unspecified atom stereocenters. The van der Waals surface area contributed by atoms with Crippen LogP contribution in [0.3, 0.4) is 0 Å². The Morgan fingerprint density at radius 3 is 2.81 bits per heavy atom. The number of fused-ring (bicyclic) bond motifs is 1. The predicted octanol–water partition coefficient (Wildman–Crippen LogP) is 3.64. The van der Waals surface area contributed by atoms with Gasteiger partial charge in [0.05, 0.1) is 29.6 Å². The van der Waals surface area contributed by atoms with Gasteiger partial charge in [0, 0.05) is 22.5 Å². The molecule has 3 heterocycles. The standard InChI is InChI=1S/C15H19N5S/c1-4-14-17-9-13(21-14)8-16-12-5-11-6-19-20(10(2)3)15(11)18-7-12/h5-7,9-10,16H,4,8H2,1-3H3. The number of nitrogens with zero attached hydrogens (tertiary/aromatic N) is 4. The topological polar surface area (TPSA) is 55.6 Å². The second-order valence-electron chi connectivity index (χ2n) is 5.25. The summed E-state index contributed by atoms with van der Waals surface area (Å²) in [6.45, 7) is 7.12. The summed E-state index contributed by atoms with van der Waals surface area (Å²) in [5.41, 5.74) is 1.94. The van der Waals surface area contributed by atoms with Crippen molar-refractivity contribution < 1.29 is 0 Å². The molecule has 0 aliphatic heterocycles. The fraction of sp³-hybridized carbons (Fsp3) is 0.400. The van der Waals surface area contributed by atoms with Crippen LogP contribution >= 0.6 is 11.3 Å². The summed E-state index contributed by atoms with van der Waals surface area (Å²) in [5.74, 6) is 0. The molecule has 0 saturated carbocycles. The van der Waals surface area contributed by atoms with Gasteiger partial charge in [-0.2, -0.15) is 5.10 Å². The number of aryl methyl sites for hydroxylation is 1. The Morgan fingerprint density at radius 2 is 2.10 bits per heavy atom. The minimum absolute atomic E-state index is 0.318. The van der Waals surface area contributed by atoms with Gasteiger partial charge in [0.2, 0.25) is 0 Å². The van der Waals surface area contributed by atoms with E-state index in [1.807, 2.05) is 23.3 Å². The molecule has 0 fully saturated rings. The van der Waals surface area contributed by atoms with Gasteiger partial charge in [0.15, 0.2) is 5.65 Å². The van der Waals surface area contributed by atoms with Crippen LogP contribution in [0.5, 0.6) is 0 Å².